The Kier molecular flexibility index (Phi) is 7.60. The molecule has 0 saturated heterocycles. The minimum atomic E-state index is -4.35. The van der Waals surface area contributed by atoms with Gasteiger partial charge in [0.05, 0.1) is 5.56 Å². The molecule has 1 unspecified atom stereocenters. The van der Waals surface area contributed by atoms with E-state index in [-0.39, 0.29) is 11.9 Å². The van der Waals surface area contributed by atoms with Crippen molar-refractivity contribution in [3.63, 3.8) is 0 Å². The normalized spacial score (nSPS) is 15.7. The van der Waals surface area contributed by atoms with E-state index in [1.807, 2.05) is 0 Å². The maximum absolute atomic E-state index is 12.8. The monoisotopic (exact) mass is 480 g/mol. The molecule has 0 radical (unpaired) electrons. The summed E-state index contributed by atoms with van der Waals surface area (Å²) in [6, 6.07) is 18.8. The number of rotatable bonds is 7. The van der Waals surface area contributed by atoms with E-state index in [2.05, 4.69) is 42.3 Å². The van der Waals surface area contributed by atoms with Crippen LogP contribution in [0.1, 0.15) is 52.9 Å². The molecule has 184 valence electrons. The van der Waals surface area contributed by atoms with E-state index in [1.165, 1.54) is 28.8 Å². The lowest BCUT2D eigenvalue weighted by atomic mass is 9.87. The molecular formula is C29H31F3N2O. The highest BCUT2D eigenvalue weighted by Crippen LogP contribution is 2.31. The molecule has 1 aliphatic rings. The molecule has 3 aromatic rings. The smallest absolute Gasteiger partial charge is 0.349 e. The van der Waals surface area contributed by atoms with Crippen molar-refractivity contribution in [2.24, 2.45) is 0 Å². The summed E-state index contributed by atoms with van der Waals surface area (Å²) in [7, 11) is 0. The Morgan fingerprint density at radius 1 is 0.914 bits per heavy atom. The number of alkyl halides is 3. The lowest BCUT2D eigenvalue weighted by Gasteiger charge is -2.27. The van der Waals surface area contributed by atoms with Gasteiger partial charge in [-0.1, -0.05) is 56.3 Å². The maximum Gasteiger partial charge on any atom is 0.416 e. The van der Waals surface area contributed by atoms with Gasteiger partial charge < -0.3 is 5.32 Å². The number of carbonyl (C=O) groups excluding carboxylic acids is 1. The van der Waals surface area contributed by atoms with Crippen LogP contribution in [0.25, 0.3) is 11.1 Å². The third-order valence-electron chi connectivity index (χ3n) is 6.83. The summed E-state index contributed by atoms with van der Waals surface area (Å²) in [5.74, 6) is -0.129. The van der Waals surface area contributed by atoms with Gasteiger partial charge in [-0.05, 0) is 84.4 Å². The van der Waals surface area contributed by atoms with Crippen LogP contribution in [0.5, 0.6) is 0 Å². The second-order valence-corrected chi connectivity index (χ2v) is 9.13. The minimum Gasteiger partial charge on any atom is -0.349 e. The molecule has 3 aromatic carbocycles. The third kappa shape index (κ3) is 6.12. The molecule has 0 heterocycles. The molecule has 4 rings (SSSR count). The minimum absolute atomic E-state index is 0.0817. The number of hydrogen-bond donors (Lipinski definition) is 1. The zero-order valence-electron chi connectivity index (χ0n) is 20.2. The predicted octanol–water partition coefficient (Wildman–Crippen LogP) is 6.50. The Hall–Kier alpha value is -3.12. The standard InChI is InChI=1S/C29H31F3N2O/c1-3-34(4-2)19-20-5-6-25-18-27(16-13-24(25)17-20)33-28(35)23-9-7-21(8-10-23)22-11-14-26(15-12-22)29(30,31)32/h5-12,14-15,17,27H,3-4,13,16,18-19H2,1-2H3,(H,33,35). The molecule has 0 saturated carbocycles. The highest BCUT2D eigenvalue weighted by Gasteiger charge is 2.30. The predicted molar refractivity (Wildman–Crippen MR) is 133 cm³/mol. The van der Waals surface area contributed by atoms with Gasteiger partial charge in [-0.2, -0.15) is 13.2 Å². The molecule has 0 spiro atoms. The van der Waals surface area contributed by atoms with Gasteiger partial charge in [0.1, 0.15) is 0 Å². The van der Waals surface area contributed by atoms with E-state index in [0.29, 0.717) is 11.1 Å². The Labute approximate surface area is 205 Å². The first-order chi connectivity index (χ1) is 16.8. The van der Waals surface area contributed by atoms with Crippen LogP contribution in [0, 0.1) is 0 Å². The van der Waals surface area contributed by atoms with E-state index in [9.17, 15) is 18.0 Å². The van der Waals surface area contributed by atoms with E-state index >= 15 is 0 Å². The molecule has 1 atom stereocenters. The van der Waals surface area contributed by atoms with Crippen LogP contribution < -0.4 is 5.32 Å². The largest absolute Gasteiger partial charge is 0.416 e. The number of aryl methyl sites for hydroxylation is 1. The van der Waals surface area contributed by atoms with Crippen LogP contribution in [0.3, 0.4) is 0 Å². The molecule has 0 aliphatic heterocycles. The number of nitrogens with zero attached hydrogens (tertiary/aromatic N) is 1. The summed E-state index contributed by atoms with van der Waals surface area (Å²) >= 11 is 0. The van der Waals surface area contributed by atoms with Crippen molar-refractivity contribution in [2.75, 3.05) is 13.1 Å². The van der Waals surface area contributed by atoms with Gasteiger partial charge >= 0.3 is 6.18 Å². The lowest BCUT2D eigenvalue weighted by Crippen LogP contribution is -2.38. The quantitative estimate of drug-likeness (QED) is 0.419. The number of fused-ring (bicyclic) bond motifs is 1. The topological polar surface area (TPSA) is 32.3 Å². The number of halogens is 3. The maximum atomic E-state index is 12.8. The van der Waals surface area contributed by atoms with Crippen molar-refractivity contribution in [2.45, 2.75) is 51.9 Å². The number of hydrogen-bond acceptors (Lipinski definition) is 2. The van der Waals surface area contributed by atoms with E-state index in [1.54, 1.807) is 24.3 Å². The Bertz CT molecular complexity index is 1150. The van der Waals surface area contributed by atoms with E-state index in [4.69, 9.17) is 0 Å². The number of carbonyl (C=O) groups is 1. The third-order valence-corrected chi connectivity index (χ3v) is 6.83. The van der Waals surface area contributed by atoms with Crippen molar-refractivity contribution in [3.8, 4) is 11.1 Å². The average molecular weight is 481 g/mol. The van der Waals surface area contributed by atoms with Crippen molar-refractivity contribution in [3.05, 3.63) is 94.5 Å². The summed E-state index contributed by atoms with van der Waals surface area (Å²) in [6.07, 6.45) is -1.69. The Morgan fingerprint density at radius 3 is 2.14 bits per heavy atom. The van der Waals surface area contributed by atoms with Gasteiger partial charge in [0.15, 0.2) is 0 Å². The number of nitrogens with one attached hydrogen (secondary N) is 1. The molecule has 1 amide bonds. The first-order valence-corrected chi connectivity index (χ1v) is 12.2. The zero-order valence-corrected chi connectivity index (χ0v) is 20.2. The second-order valence-electron chi connectivity index (χ2n) is 9.13. The summed E-state index contributed by atoms with van der Waals surface area (Å²) in [4.78, 5) is 15.2. The molecule has 3 nitrogen and oxygen atoms in total. The number of benzene rings is 3. The highest BCUT2D eigenvalue weighted by molar-refractivity contribution is 5.95. The van der Waals surface area contributed by atoms with Gasteiger partial charge in [0.25, 0.3) is 5.91 Å². The molecule has 1 N–H and O–H groups in total. The summed E-state index contributed by atoms with van der Waals surface area (Å²) in [5, 5.41) is 3.15. The lowest BCUT2D eigenvalue weighted by molar-refractivity contribution is -0.137. The van der Waals surface area contributed by atoms with Crippen LogP contribution in [0.15, 0.2) is 66.7 Å². The molecule has 0 bridgehead atoms. The van der Waals surface area contributed by atoms with Gasteiger partial charge in [0, 0.05) is 18.2 Å². The van der Waals surface area contributed by atoms with Gasteiger partial charge in [-0.25, -0.2) is 0 Å². The van der Waals surface area contributed by atoms with E-state index in [0.717, 1.165) is 56.6 Å². The number of amides is 1. The fourth-order valence-corrected chi connectivity index (χ4v) is 4.67. The van der Waals surface area contributed by atoms with Gasteiger partial charge in [0.2, 0.25) is 0 Å². The van der Waals surface area contributed by atoms with E-state index < -0.39 is 11.7 Å². The van der Waals surface area contributed by atoms with Crippen molar-refractivity contribution in [1.82, 2.24) is 10.2 Å². The Morgan fingerprint density at radius 2 is 1.54 bits per heavy atom. The molecule has 6 heteroatoms. The van der Waals surface area contributed by atoms with Gasteiger partial charge in [-0.3, -0.25) is 9.69 Å². The first-order valence-electron chi connectivity index (χ1n) is 12.2. The zero-order chi connectivity index (χ0) is 25.0. The second kappa shape index (κ2) is 10.6. The summed E-state index contributed by atoms with van der Waals surface area (Å²) in [5.41, 5.74) is 5.32. The molecular weight excluding hydrogens is 449 g/mol. The van der Waals surface area contributed by atoms with Gasteiger partial charge in [-0.15, -0.1) is 0 Å². The highest BCUT2D eigenvalue weighted by atomic mass is 19.4. The molecule has 1 aliphatic carbocycles. The fraction of sp³-hybridized carbons (Fsp3) is 0.345. The van der Waals surface area contributed by atoms with Crippen LogP contribution >= 0.6 is 0 Å². The summed E-state index contributed by atoms with van der Waals surface area (Å²) < 4.78 is 38.3. The molecule has 35 heavy (non-hydrogen) atoms. The summed E-state index contributed by atoms with van der Waals surface area (Å²) in [6.45, 7) is 7.39. The van der Waals surface area contributed by atoms with Crippen molar-refractivity contribution >= 4 is 5.91 Å². The van der Waals surface area contributed by atoms with Crippen molar-refractivity contribution < 1.29 is 18.0 Å². The SMILES string of the molecule is CCN(CC)Cc1ccc2c(c1)CCC(NC(=O)c1ccc(-c3ccc(C(F)(F)F)cc3)cc1)C2. The van der Waals surface area contributed by atoms with Crippen LogP contribution in [-0.4, -0.2) is 29.9 Å². The first kappa shape index (κ1) is 25.0. The van der Waals surface area contributed by atoms with Crippen LogP contribution in [0.4, 0.5) is 13.2 Å². The molecule has 0 aromatic heterocycles. The fourth-order valence-electron chi connectivity index (χ4n) is 4.67. The average Bonchev–Trinajstić information content (AvgIpc) is 2.87. The van der Waals surface area contributed by atoms with Crippen LogP contribution in [-0.2, 0) is 25.6 Å². The van der Waals surface area contributed by atoms with Crippen LogP contribution in [0.2, 0.25) is 0 Å². The Balaban J connectivity index is 1.36. The molecule has 0 fully saturated rings. The van der Waals surface area contributed by atoms with Crippen molar-refractivity contribution in [1.29, 1.82) is 0 Å².